The van der Waals surface area contributed by atoms with Crippen molar-refractivity contribution >= 4 is 11.9 Å². The highest BCUT2D eigenvalue weighted by Gasteiger charge is 2.13. The zero-order valence-corrected chi connectivity index (χ0v) is 16.7. The number of carboxylic acids is 1. The van der Waals surface area contributed by atoms with E-state index in [9.17, 15) is 9.59 Å². The van der Waals surface area contributed by atoms with Gasteiger partial charge < -0.3 is 9.84 Å². The minimum atomic E-state index is -0.742. The number of carbonyl (C=O) groups excluding carboxylic acids is 1. The number of aliphatic carboxylic acids is 1. The fraction of sp³-hybridized carbons (Fsp3) is 0.391. The number of ether oxygens (including phenoxy) is 1. The quantitative estimate of drug-likeness (QED) is 0.742. The van der Waals surface area contributed by atoms with Gasteiger partial charge in [-0.15, -0.1) is 0 Å². The van der Waals surface area contributed by atoms with Gasteiger partial charge in [0.2, 0.25) is 0 Å². The maximum Gasteiger partial charge on any atom is 0.305 e. The molecular weight excluding hydrogens is 340 g/mol. The molecule has 0 unspecified atom stereocenters. The Morgan fingerprint density at radius 3 is 2.04 bits per heavy atom. The minimum Gasteiger partial charge on any atom is -0.481 e. The van der Waals surface area contributed by atoms with E-state index >= 15 is 0 Å². The molecule has 0 aliphatic heterocycles. The first-order valence-electron chi connectivity index (χ1n) is 9.14. The van der Waals surface area contributed by atoms with Crippen LogP contribution in [0.15, 0.2) is 54.6 Å². The van der Waals surface area contributed by atoms with Crippen molar-refractivity contribution in [3.8, 4) is 0 Å². The highest BCUT2D eigenvalue weighted by molar-refractivity contribution is 5.69. The Hall–Kier alpha value is -2.62. The molecule has 0 spiro atoms. The van der Waals surface area contributed by atoms with Gasteiger partial charge in [-0.3, -0.25) is 9.59 Å². The average Bonchev–Trinajstić information content (AvgIpc) is 2.65. The standard InChI is InChI=1S/C14H20O2.C9H10O2/c1-14(2,3)12-7-5-6-11(10-12)8-9-13(15)16-4;10-9(11)7-6-8-4-2-1-3-5-8/h5-7,10H,8-9H2,1-4H3;1-5H,6-7H2,(H,10,11). The van der Waals surface area contributed by atoms with Gasteiger partial charge in [-0.25, -0.2) is 0 Å². The largest absolute Gasteiger partial charge is 0.481 e. The van der Waals surface area contributed by atoms with Crippen LogP contribution in [-0.2, 0) is 32.6 Å². The molecule has 0 bridgehead atoms. The number of benzene rings is 2. The number of esters is 1. The first kappa shape index (κ1) is 22.4. The summed E-state index contributed by atoms with van der Waals surface area (Å²) in [6.07, 6.45) is 2.03. The Bertz CT molecular complexity index is 715. The van der Waals surface area contributed by atoms with Crippen LogP contribution in [0.3, 0.4) is 0 Å². The molecule has 0 aromatic heterocycles. The fourth-order valence-corrected chi connectivity index (χ4v) is 2.44. The second-order valence-corrected chi connectivity index (χ2v) is 7.41. The van der Waals surface area contributed by atoms with Crippen LogP contribution in [0.1, 0.15) is 50.3 Å². The molecule has 0 amide bonds. The summed E-state index contributed by atoms with van der Waals surface area (Å²) >= 11 is 0. The third kappa shape index (κ3) is 9.59. The molecule has 4 nitrogen and oxygen atoms in total. The van der Waals surface area contributed by atoms with E-state index in [2.05, 4.69) is 43.7 Å². The van der Waals surface area contributed by atoms with Crippen molar-refractivity contribution in [1.29, 1.82) is 0 Å². The molecule has 0 heterocycles. The fourth-order valence-electron chi connectivity index (χ4n) is 2.44. The van der Waals surface area contributed by atoms with E-state index in [4.69, 9.17) is 5.11 Å². The molecule has 4 heteroatoms. The molecular formula is C23H30O4. The maximum absolute atomic E-state index is 11.0. The van der Waals surface area contributed by atoms with Gasteiger partial charge in [0.25, 0.3) is 0 Å². The lowest BCUT2D eigenvalue weighted by Gasteiger charge is -2.19. The van der Waals surface area contributed by atoms with E-state index in [0.717, 1.165) is 12.0 Å². The third-order valence-electron chi connectivity index (χ3n) is 4.11. The zero-order valence-electron chi connectivity index (χ0n) is 16.7. The third-order valence-corrected chi connectivity index (χ3v) is 4.11. The molecule has 2 aromatic carbocycles. The average molecular weight is 370 g/mol. The van der Waals surface area contributed by atoms with Gasteiger partial charge in [-0.2, -0.15) is 0 Å². The van der Waals surface area contributed by atoms with Crippen molar-refractivity contribution in [2.75, 3.05) is 7.11 Å². The molecule has 0 atom stereocenters. The number of carbonyl (C=O) groups is 2. The summed E-state index contributed by atoms with van der Waals surface area (Å²) < 4.78 is 4.63. The summed E-state index contributed by atoms with van der Waals surface area (Å²) in [7, 11) is 1.42. The van der Waals surface area contributed by atoms with Gasteiger partial charge >= 0.3 is 11.9 Å². The van der Waals surface area contributed by atoms with E-state index < -0.39 is 5.97 Å². The SMILES string of the molecule is COC(=O)CCc1cccc(C(C)(C)C)c1.O=C(O)CCc1ccccc1. The molecule has 146 valence electrons. The van der Waals surface area contributed by atoms with Crippen LogP contribution in [-0.4, -0.2) is 24.2 Å². The van der Waals surface area contributed by atoms with Crippen LogP contribution in [0.2, 0.25) is 0 Å². The summed E-state index contributed by atoms with van der Waals surface area (Å²) in [6.45, 7) is 6.56. The first-order valence-corrected chi connectivity index (χ1v) is 9.14. The van der Waals surface area contributed by atoms with Crippen molar-refractivity contribution in [3.63, 3.8) is 0 Å². The summed E-state index contributed by atoms with van der Waals surface area (Å²) in [4.78, 5) is 21.2. The molecule has 27 heavy (non-hydrogen) atoms. The highest BCUT2D eigenvalue weighted by atomic mass is 16.5. The Morgan fingerprint density at radius 2 is 1.48 bits per heavy atom. The zero-order chi connectivity index (χ0) is 20.3. The van der Waals surface area contributed by atoms with Crippen molar-refractivity contribution in [2.45, 2.75) is 51.9 Å². The second-order valence-electron chi connectivity index (χ2n) is 7.41. The number of methoxy groups -OCH3 is 1. The van der Waals surface area contributed by atoms with Crippen LogP contribution < -0.4 is 0 Å². The molecule has 0 radical (unpaired) electrons. The number of aryl methyl sites for hydroxylation is 2. The van der Waals surface area contributed by atoms with E-state index in [1.54, 1.807) is 0 Å². The van der Waals surface area contributed by atoms with Gasteiger partial charge in [-0.05, 0) is 34.9 Å². The van der Waals surface area contributed by atoms with E-state index in [1.807, 2.05) is 36.4 Å². The van der Waals surface area contributed by atoms with Crippen LogP contribution in [0.5, 0.6) is 0 Å². The summed E-state index contributed by atoms with van der Waals surface area (Å²) in [5.74, 6) is -0.894. The van der Waals surface area contributed by atoms with Gasteiger partial charge in [0, 0.05) is 12.8 Å². The summed E-state index contributed by atoms with van der Waals surface area (Å²) in [6, 6.07) is 18.0. The molecule has 0 saturated carbocycles. The Balaban J connectivity index is 0.000000289. The van der Waals surface area contributed by atoms with E-state index in [-0.39, 0.29) is 17.8 Å². The minimum absolute atomic E-state index is 0.152. The van der Waals surface area contributed by atoms with Crippen molar-refractivity contribution in [1.82, 2.24) is 0 Å². The molecule has 0 saturated heterocycles. The molecule has 1 N–H and O–H groups in total. The maximum atomic E-state index is 11.0. The summed E-state index contributed by atoms with van der Waals surface area (Å²) in [5.41, 5.74) is 3.73. The Labute approximate surface area is 162 Å². The first-order chi connectivity index (χ1) is 12.7. The number of carboxylic acid groups (broad SMARTS) is 1. The van der Waals surface area contributed by atoms with Crippen LogP contribution >= 0.6 is 0 Å². The predicted octanol–water partition coefficient (Wildman–Crippen LogP) is 4.79. The Morgan fingerprint density at radius 1 is 0.889 bits per heavy atom. The van der Waals surface area contributed by atoms with Gasteiger partial charge in [0.1, 0.15) is 0 Å². The second kappa shape index (κ2) is 11.2. The van der Waals surface area contributed by atoms with Gasteiger partial charge in [-0.1, -0.05) is 75.4 Å². The van der Waals surface area contributed by atoms with Crippen LogP contribution in [0.4, 0.5) is 0 Å². The molecule has 2 aromatic rings. The highest BCUT2D eigenvalue weighted by Crippen LogP contribution is 2.23. The van der Waals surface area contributed by atoms with Gasteiger partial charge in [0.05, 0.1) is 7.11 Å². The molecule has 0 aliphatic carbocycles. The van der Waals surface area contributed by atoms with Gasteiger partial charge in [0.15, 0.2) is 0 Å². The van der Waals surface area contributed by atoms with Crippen LogP contribution in [0, 0.1) is 0 Å². The molecule has 0 fully saturated rings. The molecule has 0 aliphatic rings. The van der Waals surface area contributed by atoms with Crippen molar-refractivity contribution in [3.05, 3.63) is 71.3 Å². The lowest BCUT2D eigenvalue weighted by atomic mass is 9.86. The van der Waals surface area contributed by atoms with Crippen molar-refractivity contribution in [2.24, 2.45) is 0 Å². The van der Waals surface area contributed by atoms with E-state index in [1.165, 1.54) is 18.2 Å². The number of hydrogen-bond donors (Lipinski definition) is 1. The Kier molecular flexibility index (Phi) is 9.27. The normalized spacial score (nSPS) is 10.5. The lowest BCUT2D eigenvalue weighted by molar-refractivity contribution is -0.140. The van der Waals surface area contributed by atoms with Crippen molar-refractivity contribution < 1.29 is 19.4 Å². The lowest BCUT2D eigenvalue weighted by Crippen LogP contribution is -2.11. The number of hydrogen-bond acceptors (Lipinski definition) is 3. The number of rotatable bonds is 6. The summed E-state index contributed by atoms with van der Waals surface area (Å²) in [5, 5.41) is 8.37. The topological polar surface area (TPSA) is 63.6 Å². The predicted molar refractivity (Wildman–Crippen MR) is 108 cm³/mol. The molecule has 2 rings (SSSR count). The van der Waals surface area contributed by atoms with Crippen LogP contribution in [0.25, 0.3) is 0 Å². The monoisotopic (exact) mass is 370 g/mol. The smallest absolute Gasteiger partial charge is 0.305 e. The van der Waals surface area contributed by atoms with E-state index in [0.29, 0.717) is 12.8 Å².